The Morgan fingerprint density at radius 1 is 1.56 bits per heavy atom. The van der Waals surface area contributed by atoms with Gasteiger partial charge in [-0.3, -0.25) is 4.79 Å². The average Bonchev–Trinajstić information content (AvgIpc) is 2.79. The molecular formula is C11H15N3O2. The van der Waals surface area contributed by atoms with E-state index < -0.39 is 6.10 Å². The van der Waals surface area contributed by atoms with Crippen LogP contribution in [0.5, 0.6) is 0 Å². The molecule has 1 fully saturated rings. The number of aromatic nitrogens is 1. The van der Waals surface area contributed by atoms with Crippen LogP contribution in [-0.2, 0) is 9.53 Å². The van der Waals surface area contributed by atoms with Crippen LogP contribution in [0.15, 0.2) is 24.4 Å². The second kappa shape index (κ2) is 5.05. The van der Waals surface area contributed by atoms with Gasteiger partial charge in [0.05, 0.1) is 6.10 Å². The Morgan fingerprint density at radius 2 is 2.44 bits per heavy atom. The van der Waals surface area contributed by atoms with Gasteiger partial charge in [0.25, 0.3) is 5.91 Å². The lowest BCUT2D eigenvalue weighted by Crippen LogP contribution is -2.30. The Balaban J connectivity index is 1.90. The summed E-state index contributed by atoms with van der Waals surface area (Å²) in [6.07, 6.45) is 2.82. The quantitative estimate of drug-likeness (QED) is 0.780. The van der Waals surface area contributed by atoms with Crippen molar-refractivity contribution in [2.45, 2.75) is 25.0 Å². The number of rotatable bonds is 3. The molecular weight excluding hydrogens is 206 g/mol. The van der Waals surface area contributed by atoms with Crippen LogP contribution in [0.1, 0.15) is 12.8 Å². The summed E-state index contributed by atoms with van der Waals surface area (Å²) >= 11 is 0. The van der Waals surface area contributed by atoms with E-state index in [1.807, 2.05) is 6.07 Å². The SMILES string of the molecule is NC[C@H]1CC[C@@H](C(=O)Nc2ccccn2)O1. The molecule has 2 heterocycles. The van der Waals surface area contributed by atoms with Gasteiger partial charge in [-0.2, -0.15) is 0 Å². The number of hydrogen-bond acceptors (Lipinski definition) is 4. The van der Waals surface area contributed by atoms with E-state index in [4.69, 9.17) is 10.5 Å². The van der Waals surface area contributed by atoms with E-state index in [1.165, 1.54) is 0 Å². The van der Waals surface area contributed by atoms with Crippen LogP contribution in [0.4, 0.5) is 5.82 Å². The zero-order valence-corrected chi connectivity index (χ0v) is 8.93. The molecule has 0 spiro atoms. The zero-order chi connectivity index (χ0) is 11.4. The molecule has 0 unspecified atom stereocenters. The van der Waals surface area contributed by atoms with Crippen molar-refractivity contribution in [2.24, 2.45) is 5.73 Å². The van der Waals surface area contributed by atoms with Gasteiger partial charge >= 0.3 is 0 Å². The van der Waals surface area contributed by atoms with Crippen molar-refractivity contribution in [3.63, 3.8) is 0 Å². The molecule has 0 bridgehead atoms. The molecule has 1 amide bonds. The van der Waals surface area contributed by atoms with Gasteiger partial charge in [0.15, 0.2) is 0 Å². The summed E-state index contributed by atoms with van der Waals surface area (Å²) in [7, 11) is 0. The number of amides is 1. The molecule has 1 aromatic rings. The Morgan fingerprint density at radius 3 is 3.06 bits per heavy atom. The van der Waals surface area contributed by atoms with Gasteiger partial charge < -0.3 is 15.8 Å². The van der Waals surface area contributed by atoms with Crippen molar-refractivity contribution >= 4 is 11.7 Å². The molecule has 1 aliphatic rings. The monoisotopic (exact) mass is 221 g/mol. The van der Waals surface area contributed by atoms with E-state index in [0.29, 0.717) is 12.4 Å². The Bertz CT molecular complexity index is 356. The third-order valence-corrected chi connectivity index (χ3v) is 2.58. The fourth-order valence-corrected chi connectivity index (χ4v) is 1.72. The summed E-state index contributed by atoms with van der Waals surface area (Å²) in [6, 6.07) is 5.36. The first kappa shape index (κ1) is 11.0. The predicted octanol–water partition coefficient (Wildman–Crippen LogP) is 0.526. The van der Waals surface area contributed by atoms with E-state index in [-0.39, 0.29) is 12.0 Å². The van der Waals surface area contributed by atoms with Crippen LogP contribution in [0.2, 0.25) is 0 Å². The molecule has 0 aliphatic carbocycles. The van der Waals surface area contributed by atoms with Crippen LogP contribution in [0.3, 0.4) is 0 Å². The summed E-state index contributed by atoms with van der Waals surface area (Å²) in [5, 5.41) is 2.71. The minimum Gasteiger partial charge on any atom is -0.364 e. The zero-order valence-electron chi connectivity index (χ0n) is 8.93. The first-order valence-corrected chi connectivity index (χ1v) is 5.37. The summed E-state index contributed by atoms with van der Waals surface area (Å²) in [6.45, 7) is 0.466. The smallest absolute Gasteiger partial charge is 0.254 e. The van der Waals surface area contributed by atoms with Crippen LogP contribution >= 0.6 is 0 Å². The molecule has 1 saturated heterocycles. The molecule has 0 aromatic carbocycles. The minimum absolute atomic E-state index is 0.0134. The van der Waals surface area contributed by atoms with E-state index in [1.54, 1.807) is 18.3 Å². The molecule has 0 radical (unpaired) electrons. The summed E-state index contributed by atoms with van der Waals surface area (Å²) in [5.41, 5.74) is 5.48. The molecule has 3 N–H and O–H groups in total. The molecule has 86 valence electrons. The lowest BCUT2D eigenvalue weighted by Gasteiger charge is -2.11. The van der Waals surface area contributed by atoms with Crippen molar-refractivity contribution in [1.29, 1.82) is 0 Å². The van der Waals surface area contributed by atoms with Crippen LogP contribution < -0.4 is 11.1 Å². The highest BCUT2D eigenvalue weighted by Gasteiger charge is 2.29. The number of ether oxygens (including phenoxy) is 1. The van der Waals surface area contributed by atoms with Crippen LogP contribution in [0.25, 0.3) is 0 Å². The number of carbonyl (C=O) groups excluding carboxylic acids is 1. The number of carbonyl (C=O) groups is 1. The first-order valence-electron chi connectivity index (χ1n) is 5.37. The average molecular weight is 221 g/mol. The lowest BCUT2D eigenvalue weighted by atomic mass is 10.2. The van der Waals surface area contributed by atoms with E-state index in [0.717, 1.165) is 12.8 Å². The van der Waals surface area contributed by atoms with Crippen molar-refractivity contribution in [3.05, 3.63) is 24.4 Å². The standard InChI is InChI=1S/C11H15N3O2/c12-7-8-4-5-9(16-8)11(15)14-10-3-1-2-6-13-10/h1-3,6,8-9H,4-5,7,12H2,(H,13,14,15)/t8-,9+/m1/s1. The van der Waals surface area contributed by atoms with Crippen molar-refractivity contribution in [1.82, 2.24) is 4.98 Å². The summed E-state index contributed by atoms with van der Waals surface area (Å²) in [4.78, 5) is 15.8. The van der Waals surface area contributed by atoms with Gasteiger partial charge in [-0.05, 0) is 25.0 Å². The number of nitrogens with zero attached hydrogens (tertiary/aromatic N) is 1. The lowest BCUT2D eigenvalue weighted by molar-refractivity contribution is -0.126. The highest BCUT2D eigenvalue weighted by Crippen LogP contribution is 2.19. The second-order valence-electron chi connectivity index (χ2n) is 3.76. The fraction of sp³-hybridized carbons (Fsp3) is 0.455. The van der Waals surface area contributed by atoms with Gasteiger partial charge in [0, 0.05) is 12.7 Å². The summed E-state index contributed by atoms with van der Waals surface area (Å²) < 4.78 is 5.48. The molecule has 1 aromatic heterocycles. The predicted molar refractivity (Wildman–Crippen MR) is 59.8 cm³/mol. The third kappa shape index (κ3) is 2.56. The molecule has 2 atom stereocenters. The number of pyridine rings is 1. The Labute approximate surface area is 94.0 Å². The molecule has 2 rings (SSSR count). The molecule has 5 heteroatoms. The largest absolute Gasteiger partial charge is 0.364 e. The van der Waals surface area contributed by atoms with Gasteiger partial charge in [-0.1, -0.05) is 6.07 Å². The van der Waals surface area contributed by atoms with Crippen molar-refractivity contribution < 1.29 is 9.53 Å². The second-order valence-corrected chi connectivity index (χ2v) is 3.76. The Kier molecular flexibility index (Phi) is 3.48. The Hall–Kier alpha value is -1.46. The van der Waals surface area contributed by atoms with Crippen LogP contribution in [-0.4, -0.2) is 29.6 Å². The van der Waals surface area contributed by atoms with E-state index in [9.17, 15) is 4.79 Å². The highest BCUT2D eigenvalue weighted by molar-refractivity contribution is 5.93. The highest BCUT2D eigenvalue weighted by atomic mass is 16.5. The van der Waals surface area contributed by atoms with Gasteiger partial charge in [-0.25, -0.2) is 4.98 Å². The maximum atomic E-state index is 11.8. The van der Waals surface area contributed by atoms with Crippen molar-refractivity contribution in [3.8, 4) is 0 Å². The number of anilines is 1. The van der Waals surface area contributed by atoms with E-state index >= 15 is 0 Å². The fourth-order valence-electron chi connectivity index (χ4n) is 1.72. The molecule has 5 nitrogen and oxygen atoms in total. The first-order chi connectivity index (χ1) is 7.79. The molecule has 0 saturated carbocycles. The number of hydrogen-bond donors (Lipinski definition) is 2. The normalized spacial score (nSPS) is 24.3. The van der Waals surface area contributed by atoms with Crippen molar-refractivity contribution in [2.75, 3.05) is 11.9 Å². The maximum absolute atomic E-state index is 11.8. The summed E-state index contributed by atoms with van der Waals surface area (Å²) in [5.74, 6) is 0.405. The van der Waals surface area contributed by atoms with Crippen LogP contribution in [0, 0.1) is 0 Å². The van der Waals surface area contributed by atoms with Gasteiger partial charge in [0.2, 0.25) is 0 Å². The maximum Gasteiger partial charge on any atom is 0.254 e. The third-order valence-electron chi connectivity index (χ3n) is 2.58. The van der Waals surface area contributed by atoms with Gasteiger partial charge in [0.1, 0.15) is 11.9 Å². The number of nitrogens with two attached hydrogens (primary N) is 1. The molecule has 1 aliphatic heterocycles. The molecule has 16 heavy (non-hydrogen) atoms. The number of nitrogens with one attached hydrogen (secondary N) is 1. The minimum atomic E-state index is -0.393. The topological polar surface area (TPSA) is 77.2 Å². The van der Waals surface area contributed by atoms with Gasteiger partial charge in [-0.15, -0.1) is 0 Å². The van der Waals surface area contributed by atoms with E-state index in [2.05, 4.69) is 10.3 Å².